The molecule has 0 bridgehead atoms. The molecule has 0 unspecified atom stereocenters. The topological polar surface area (TPSA) is 24.7 Å². The van der Waals surface area contributed by atoms with Crippen LogP contribution in [0.5, 0.6) is 0 Å². The van der Waals surface area contributed by atoms with Crippen LogP contribution in [0.4, 0.5) is 0 Å². The van der Waals surface area contributed by atoms with Crippen molar-refractivity contribution in [3.05, 3.63) is 71.8 Å². The Labute approximate surface area is 140 Å². The molecule has 0 aliphatic rings. The van der Waals surface area contributed by atoms with Crippen molar-refractivity contribution in [2.24, 2.45) is 6.43 Å². The number of hydrogen-bond acceptors (Lipinski definition) is 4. The van der Waals surface area contributed by atoms with Crippen LogP contribution in [-0.4, -0.2) is 29.2 Å². The van der Waals surface area contributed by atoms with E-state index in [0.717, 1.165) is 8.87 Å². The predicted molar refractivity (Wildman–Crippen MR) is 96.1 cm³/mol. The van der Waals surface area contributed by atoms with Gasteiger partial charge >= 0.3 is 141 Å². The fraction of sp³-hybridized carbons (Fsp3) is 0.125. The zero-order valence-corrected chi connectivity index (χ0v) is 15.9. The molecule has 104 valence electrons. The van der Waals surface area contributed by atoms with E-state index in [1.165, 1.54) is 11.1 Å². The van der Waals surface area contributed by atoms with Gasteiger partial charge in [0.05, 0.1) is 0 Å². The molecule has 0 aliphatic carbocycles. The van der Waals surface area contributed by atoms with Crippen molar-refractivity contribution < 1.29 is 0 Å². The molecule has 0 saturated carbocycles. The van der Waals surface area contributed by atoms with Crippen molar-refractivity contribution in [2.45, 2.75) is 8.87 Å². The molecule has 0 spiro atoms. The average Bonchev–Trinajstić information content (AvgIpc) is 2.50. The number of thiocarbonyl (C=S) groups is 2. The van der Waals surface area contributed by atoms with Gasteiger partial charge in [-0.25, -0.2) is 0 Å². The van der Waals surface area contributed by atoms with Gasteiger partial charge in [-0.15, -0.1) is 0 Å². The number of rotatable bonds is 6. The van der Waals surface area contributed by atoms with Gasteiger partial charge < -0.3 is 0 Å². The average molecular weight is 417 g/mol. The van der Waals surface area contributed by atoms with Crippen molar-refractivity contribution >= 4 is 53.7 Å². The van der Waals surface area contributed by atoms with Crippen molar-refractivity contribution in [1.82, 2.24) is 0 Å². The number of benzene rings is 2. The van der Waals surface area contributed by atoms with Crippen LogP contribution in [0.15, 0.2) is 67.1 Å². The Balaban J connectivity index is 2.37. The van der Waals surface area contributed by atoms with E-state index in [1.54, 1.807) is 0 Å². The van der Waals surface area contributed by atoms with Crippen molar-refractivity contribution in [2.75, 3.05) is 0 Å². The molecule has 0 aromatic heterocycles. The van der Waals surface area contributed by atoms with Crippen LogP contribution in [0.1, 0.15) is 11.1 Å². The van der Waals surface area contributed by atoms with Gasteiger partial charge in [-0.1, -0.05) is 0 Å². The SMILES string of the molecule is S=C=[N][Sn]([CH2]c1ccccc1)([CH2]c1ccccc1)[N]=C=S. The number of nitrogens with zero attached hydrogens (tertiary/aromatic N) is 2. The fourth-order valence-corrected chi connectivity index (χ4v) is 12.0. The second-order valence-electron chi connectivity index (χ2n) is 4.71. The van der Waals surface area contributed by atoms with Crippen LogP contribution in [0.2, 0.25) is 0 Å². The van der Waals surface area contributed by atoms with Crippen molar-refractivity contribution in [1.29, 1.82) is 0 Å². The summed E-state index contributed by atoms with van der Waals surface area (Å²) in [5, 5.41) is 5.11. The van der Waals surface area contributed by atoms with Crippen LogP contribution >= 0.6 is 24.4 Å². The Kier molecular flexibility index (Phi) is 6.43. The molecule has 5 heteroatoms. The van der Waals surface area contributed by atoms with Crippen LogP contribution in [0.25, 0.3) is 0 Å². The molecule has 0 saturated heterocycles. The van der Waals surface area contributed by atoms with Gasteiger partial charge in [0.1, 0.15) is 0 Å². The van der Waals surface area contributed by atoms with Gasteiger partial charge in [0, 0.05) is 0 Å². The third kappa shape index (κ3) is 4.95. The van der Waals surface area contributed by atoms with Gasteiger partial charge in [-0.2, -0.15) is 0 Å². The third-order valence-electron chi connectivity index (χ3n) is 3.17. The van der Waals surface area contributed by atoms with E-state index in [0.29, 0.717) is 0 Å². The maximum atomic E-state index is 4.86. The summed E-state index contributed by atoms with van der Waals surface area (Å²) in [7, 11) is 0. The normalized spacial score (nSPS) is 10.3. The molecular formula is C16H14N2S2Sn. The molecule has 0 N–H and O–H groups in total. The minimum absolute atomic E-state index is 0.817. The van der Waals surface area contributed by atoms with Crippen LogP contribution in [0.3, 0.4) is 0 Å². The Bertz CT molecular complexity index is 614. The van der Waals surface area contributed by atoms with Gasteiger partial charge in [0.25, 0.3) is 0 Å². The zero-order valence-electron chi connectivity index (χ0n) is 11.4. The molecule has 0 fully saturated rings. The zero-order chi connectivity index (χ0) is 15.0. The molecule has 2 nitrogen and oxygen atoms in total. The van der Waals surface area contributed by atoms with Crippen LogP contribution in [0, 0.1) is 0 Å². The van der Waals surface area contributed by atoms with E-state index in [1.807, 2.05) is 36.4 Å². The van der Waals surface area contributed by atoms with E-state index in [9.17, 15) is 0 Å². The molecule has 0 atom stereocenters. The summed E-state index contributed by atoms with van der Waals surface area (Å²) in [5.41, 5.74) is 2.43. The van der Waals surface area contributed by atoms with Crippen molar-refractivity contribution in [3.8, 4) is 0 Å². The third-order valence-corrected chi connectivity index (χ3v) is 12.9. The Morgan fingerprint density at radius 1 is 0.714 bits per heavy atom. The summed E-state index contributed by atoms with van der Waals surface area (Å²) in [6, 6.07) is 20.5. The first-order valence-electron chi connectivity index (χ1n) is 6.54. The second-order valence-corrected chi connectivity index (χ2v) is 14.0. The first-order valence-corrected chi connectivity index (χ1v) is 13.9. The summed E-state index contributed by atoms with van der Waals surface area (Å²) in [4.78, 5) is 0. The number of isothiocyanates is 2. The molecule has 0 aliphatic heterocycles. The Hall–Kier alpha value is -1.16. The maximum absolute atomic E-state index is 4.86. The summed E-state index contributed by atoms with van der Waals surface area (Å²) in [6.45, 7) is 0. The first kappa shape index (κ1) is 16.2. The second kappa shape index (κ2) is 8.32. The monoisotopic (exact) mass is 418 g/mol. The Morgan fingerprint density at radius 3 is 1.43 bits per heavy atom. The first-order chi connectivity index (χ1) is 10.3. The molecular weight excluding hydrogens is 403 g/mol. The van der Waals surface area contributed by atoms with E-state index in [4.69, 9.17) is 24.4 Å². The molecule has 2 aromatic rings. The molecule has 0 radical (unpaired) electrons. The summed E-state index contributed by atoms with van der Waals surface area (Å²) in [6.07, 6.45) is 0. The standard InChI is InChI=1S/2C7H7.2CNS.Sn/c2*1-7-5-3-2-4-6-7;2*2-1-3;/h2*2-6H,1H2;;;/q;;2*-1;+2. The molecule has 2 aromatic carbocycles. The molecule has 21 heavy (non-hydrogen) atoms. The Morgan fingerprint density at radius 2 is 1.10 bits per heavy atom. The van der Waals surface area contributed by atoms with Crippen LogP contribution in [-0.2, 0) is 8.87 Å². The summed E-state index contributed by atoms with van der Waals surface area (Å²) < 4.78 is 10.7. The van der Waals surface area contributed by atoms with Gasteiger partial charge in [-0.3, -0.25) is 0 Å². The predicted octanol–water partition coefficient (Wildman–Crippen LogP) is 4.20. The van der Waals surface area contributed by atoms with E-state index in [-0.39, 0.29) is 0 Å². The molecule has 0 amide bonds. The van der Waals surface area contributed by atoms with E-state index in [2.05, 4.69) is 41.0 Å². The molecule has 2 rings (SSSR count). The van der Waals surface area contributed by atoms with Crippen LogP contribution < -0.4 is 0 Å². The number of hydrogen-bond donors (Lipinski definition) is 0. The summed E-state index contributed by atoms with van der Waals surface area (Å²) >= 11 is 6.40. The van der Waals surface area contributed by atoms with Gasteiger partial charge in [-0.05, 0) is 0 Å². The quantitative estimate of drug-likeness (QED) is 0.400. The van der Waals surface area contributed by atoms with Gasteiger partial charge in [0.15, 0.2) is 0 Å². The minimum atomic E-state index is -3.32. The van der Waals surface area contributed by atoms with E-state index < -0.39 is 18.9 Å². The summed E-state index contributed by atoms with van der Waals surface area (Å²) in [5.74, 6) is 0. The van der Waals surface area contributed by atoms with Gasteiger partial charge in [0.2, 0.25) is 0 Å². The molecule has 0 heterocycles. The fourth-order valence-electron chi connectivity index (χ4n) is 2.26. The van der Waals surface area contributed by atoms with E-state index >= 15 is 0 Å². The van der Waals surface area contributed by atoms with Crippen molar-refractivity contribution in [3.63, 3.8) is 0 Å².